The lowest BCUT2D eigenvalue weighted by molar-refractivity contribution is -0.135. The average Bonchev–Trinajstić information content (AvgIpc) is 2.77. The molecule has 0 amide bonds. The summed E-state index contributed by atoms with van der Waals surface area (Å²) < 4.78 is 11.4. The molecule has 5 nitrogen and oxygen atoms in total. The molecule has 0 radical (unpaired) electrons. The molecule has 0 bridgehead atoms. The first-order valence-corrected chi connectivity index (χ1v) is 11.4. The van der Waals surface area contributed by atoms with Crippen molar-refractivity contribution < 1.29 is 14.3 Å². The lowest BCUT2D eigenvalue weighted by Gasteiger charge is -2.12. The molecule has 30 heavy (non-hydrogen) atoms. The van der Waals surface area contributed by atoms with Crippen molar-refractivity contribution in [2.24, 2.45) is 5.92 Å². The number of carbonyl (C=O) groups excluding carboxylic acids is 1. The van der Waals surface area contributed by atoms with Gasteiger partial charge in [0, 0.05) is 12.0 Å². The van der Waals surface area contributed by atoms with Gasteiger partial charge in [-0.15, -0.1) is 0 Å². The predicted octanol–water partition coefficient (Wildman–Crippen LogP) is 6.61. The molecule has 0 aliphatic rings. The van der Waals surface area contributed by atoms with Crippen LogP contribution in [-0.4, -0.2) is 22.5 Å². The lowest BCUT2D eigenvalue weighted by Crippen LogP contribution is -2.11. The van der Waals surface area contributed by atoms with Crippen molar-refractivity contribution in [3.63, 3.8) is 0 Å². The molecule has 1 atom stereocenters. The Hall–Kier alpha value is -2.43. The fourth-order valence-electron chi connectivity index (χ4n) is 3.14. The molecular formula is C25H36N2O3. The van der Waals surface area contributed by atoms with E-state index in [0.29, 0.717) is 30.4 Å². The highest BCUT2D eigenvalue weighted by atomic mass is 16.5. The number of benzene rings is 1. The number of hydrogen-bond donors (Lipinski definition) is 0. The van der Waals surface area contributed by atoms with Gasteiger partial charge in [0.25, 0.3) is 0 Å². The van der Waals surface area contributed by atoms with Gasteiger partial charge in [-0.1, -0.05) is 89.6 Å². The highest BCUT2D eigenvalue weighted by Gasteiger charge is 2.14. The van der Waals surface area contributed by atoms with Crippen molar-refractivity contribution in [3.05, 3.63) is 36.5 Å². The Balaban J connectivity index is 1.98. The van der Waals surface area contributed by atoms with Gasteiger partial charge in [-0.25, -0.2) is 0 Å². The summed E-state index contributed by atoms with van der Waals surface area (Å²) in [4.78, 5) is 20.9. The summed E-state index contributed by atoms with van der Waals surface area (Å²) in [6, 6.07) is 9.87. The van der Waals surface area contributed by atoms with E-state index in [2.05, 4.69) is 30.7 Å². The standard InChI is InChI=1S/C25H36N2O3/c1-4-6-7-13-18-29-22-19-26-25(27-24(22)21-15-9-8-10-16-21)30-23(28)17-12-11-14-20(3)5-2/h8-10,15-16,19-20H,4-7,11-14,17-18H2,1-3H3. The molecule has 164 valence electrons. The first-order chi connectivity index (χ1) is 14.6. The van der Waals surface area contributed by atoms with Gasteiger partial charge < -0.3 is 9.47 Å². The molecule has 2 rings (SSSR count). The van der Waals surface area contributed by atoms with Crippen LogP contribution in [0.5, 0.6) is 11.8 Å². The monoisotopic (exact) mass is 412 g/mol. The average molecular weight is 413 g/mol. The number of unbranched alkanes of at least 4 members (excludes halogenated alkanes) is 4. The number of carbonyl (C=O) groups is 1. The molecule has 0 aliphatic heterocycles. The topological polar surface area (TPSA) is 61.3 Å². The lowest BCUT2D eigenvalue weighted by atomic mass is 10.0. The smallest absolute Gasteiger partial charge is 0.325 e. The summed E-state index contributed by atoms with van der Waals surface area (Å²) in [7, 11) is 0. The van der Waals surface area contributed by atoms with E-state index in [0.717, 1.165) is 37.7 Å². The molecule has 1 aromatic carbocycles. The maximum atomic E-state index is 12.2. The van der Waals surface area contributed by atoms with Crippen LogP contribution in [0.1, 0.15) is 78.6 Å². The van der Waals surface area contributed by atoms with Crippen LogP contribution in [0.2, 0.25) is 0 Å². The summed E-state index contributed by atoms with van der Waals surface area (Å²) in [5.41, 5.74) is 1.56. The van der Waals surface area contributed by atoms with Crippen LogP contribution >= 0.6 is 0 Å². The van der Waals surface area contributed by atoms with E-state index in [-0.39, 0.29) is 12.0 Å². The number of ether oxygens (including phenoxy) is 2. The van der Waals surface area contributed by atoms with Crippen LogP contribution in [0, 0.1) is 5.92 Å². The van der Waals surface area contributed by atoms with Crippen LogP contribution in [0.25, 0.3) is 11.3 Å². The molecule has 0 spiro atoms. The fourth-order valence-corrected chi connectivity index (χ4v) is 3.14. The Bertz CT molecular complexity index is 749. The first kappa shape index (κ1) is 23.8. The van der Waals surface area contributed by atoms with Gasteiger partial charge in [-0.3, -0.25) is 4.79 Å². The van der Waals surface area contributed by atoms with E-state index in [1.165, 1.54) is 19.3 Å². The van der Waals surface area contributed by atoms with E-state index in [1.54, 1.807) is 6.20 Å². The molecule has 1 unspecified atom stereocenters. The van der Waals surface area contributed by atoms with Gasteiger partial charge in [-0.2, -0.15) is 9.97 Å². The molecule has 0 saturated heterocycles. The summed E-state index contributed by atoms with van der Waals surface area (Å²) in [6.07, 6.45) is 10.7. The number of nitrogens with zero attached hydrogens (tertiary/aromatic N) is 2. The third-order valence-electron chi connectivity index (χ3n) is 5.27. The molecule has 0 fully saturated rings. The highest BCUT2D eigenvalue weighted by molar-refractivity contribution is 5.72. The minimum absolute atomic E-state index is 0.0825. The first-order valence-electron chi connectivity index (χ1n) is 11.4. The van der Waals surface area contributed by atoms with Crippen molar-refractivity contribution in [3.8, 4) is 23.0 Å². The van der Waals surface area contributed by atoms with E-state index in [9.17, 15) is 4.79 Å². The Morgan fingerprint density at radius 3 is 2.57 bits per heavy atom. The zero-order valence-corrected chi connectivity index (χ0v) is 18.7. The molecule has 0 N–H and O–H groups in total. The second kappa shape index (κ2) is 13.7. The maximum Gasteiger partial charge on any atom is 0.325 e. The van der Waals surface area contributed by atoms with Crippen molar-refractivity contribution in [2.45, 2.75) is 78.6 Å². The third-order valence-corrected chi connectivity index (χ3v) is 5.27. The van der Waals surface area contributed by atoms with Gasteiger partial charge >= 0.3 is 12.0 Å². The molecule has 0 aliphatic carbocycles. The van der Waals surface area contributed by atoms with E-state index in [1.807, 2.05) is 30.3 Å². The van der Waals surface area contributed by atoms with Crippen molar-refractivity contribution in [2.75, 3.05) is 6.61 Å². The molecule has 2 aromatic rings. The van der Waals surface area contributed by atoms with E-state index < -0.39 is 0 Å². The van der Waals surface area contributed by atoms with Crippen molar-refractivity contribution in [1.29, 1.82) is 0 Å². The van der Waals surface area contributed by atoms with Crippen molar-refractivity contribution >= 4 is 5.97 Å². The third kappa shape index (κ3) is 8.52. The quantitative estimate of drug-likeness (QED) is 0.258. The van der Waals surface area contributed by atoms with Gasteiger partial charge in [0.1, 0.15) is 5.69 Å². The van der Waals surface area contributed by atoms with Crippen LogP contribution in [0.4, 0.5) is 0 Å². The summed E-state index contributed by atoms with van der Waals surface area (Å²) >= 11 is 0. The number of rotatable bonds is 14. The Morgan fingerprint density at radius 2 is 1.83 bits per heavy atom. The molecular weight excluding hydrogens is 376 g/mol. The minimum Gasteiger partial charge on any atom is -0.490 e. The van der Waals surface area contributed by atoms with E-state index in [4.69, 9.17) is 9.47 Å². The molecule has 1 heterocycles. The van der Waals surface area contributed by atoms with Crippen LogP contribution in [0.15, 0.2) is 36.5 Å². The fraction of sp³-hybridized carbons (Fsp3) is 0.560. The molecule has 5 heteroatoms. The van der Waals surface area contributed by atoms with Crippen LogP contribution in [-0.2, 0) is 4.79 Å². The Morgan fingerprint density at radius 1 is 1.03 bits per heavy atom. The number of esters is 1. The number of aromatic nitrogens is 2. The Labute approximate surface area is 181 Å². The van der Waals surface area contributed by atoms with E-state index >= 15 is 0 Å². The Kier molecular flexibility index (Phi) is 10.9. The van der Waals surface area contributed by atoms with Gasteiger partial charge in [-0.05, 0) is 18.8 Å². The van der Waals surface area contributed by atoms with Crippen LogP contribution < -0.4 is 9.47 Å². The SMILES string of the molecule is CCCCCCOc1cnc(OC(=O)CCCCC(C)CC)nc1-c1ccccc1. The second-order valence-electron chi connectivity index (χ2n) is 7.87. The second-order valence-corrected chi connectivity index (χ2v) is 7.87. The zero-order chi connectivity index (χ0) is 21.6. The van der Waals surface area contributed by atoms with Gasteiger partial charge in [0.05, 0.1) is 12.8 Å². The minimum atomic E-state index is -0.286. The van der Waals surface area contributed by atoms with Crippen molar-refractivity contribution in [1.82, 2.24) is 9.97 Å². The predicted molar refractivity (Wildman–Crippen MR) is 121 cm³/mol. The maximum absolute atomic E-state index is 12.2. The summed E-state index contributed by atoms with van der Waals surface area (Å²) in [5, 5.41) is 0. The molecule has 1 aromatic heterocycles. The highest BCUT2D eigenvalue weighted by Crippen LogP contribution is 2.29. The normalized spacial score (nSPS) is 11.8. The summed E-state index contributed by atoms with van der Waals surface area (Å²) in [5.74, 6) is 1.03. The summed E-state index contributed by atoms with van der Waals surface area (Å²) in [6.45, 7) is 7.25. The van der Waals surface area contributed by atoms with Gasteiger partial charge in [0.2, 0.25) is 0 Å². The zero-order valence-electron chi connectivity index (χ0n) is 18.7. The van der Waals surface area contributed by atoms with Crippen LogP contribution in [0.3, 0.4) is 0 Å². The largest absolute Gasteiger partial charge is 0.490 e. The number of hydrogen-bond acceptors (Lipinski definition) is 5. The molecule has 0 saturated carbocycles. The van der Waals surface area contributed by atoms with Gasteiger partial charge in [0.15, 0.2) is 5.75 Å².